The molecule has 0 N–H and O–H groups in total. The van der Waals surface area contributed by atoms with E-state index in [1.165, 1.54) is 0 Å². The number of alkyl halides is 6. The molecule has 4 aromatic carbocycles. The number of hydrogen-bond donors (Lipinski definition) is 0. The molecule has 0 saturated carbocycles. The van der Waals surface area contributed by atoms with Gasteiger partial charge in [0, 0.05) is 12.3 Å². The molecule has 2 aliphatic rings. The molecule has 0 aromatic heterocycles. The summed E-state index contributed by atoms with van der Waals surface area (Å²) in [4.78, 5) is 0. The van der Waals surface area contributed by atoms with Crippen LogP contribution in [0.1, 0.15) is 57.3 Å². The van der Waals surface area contributed by atoms with Crippen LogP contribution in [0.15, 0.2) is 97.1 Å². The SMILES string of the molecule is CC1C(c2ccccc2)=C(C2=C(c3cc(C(F)(F)F)cc(C(F)(F)F)c3)[CH]c3ccccc32)c2ccccc21. The van der Waals surface area contributed by atoms with Gasteiger partial charge in [-0.25, -0.2) is 0 Å². The Morgan fingerprint density at radius 3 is 1.77 bits per heavy atom. The van der Waals surface area contributed by atoms with Crippen LogP contribution in [0.3, 0.4) is 0 Å². The van der Waals surface area contributed by atoms with Crippen LogP contribution in [0.25, 0.3) is 22.3 Å². The van der Waals surface area contributed by atoms with E-state index < -0.39 is 23.5 Å². The highest BCUT2D eigenvalue weighted by atomic mass is 19.4. The van der Waals surface area contributed by atoms with Gasteiger partial charge in [0.05, 0.1) is 11.1 Å². The van der Waals surface area contributed by atoms with Crippen molar-refractivity contribution in [1.29, 1.82) is 0 Å². The highest BCUT2D eigenvalue weighted by molar-refractivity contribution is 6.27. The van der Waals surface area contributed by atoms with E-state index in [1.54, 1.807) is 12.5 Å². The number of halogens is 6. The number of fused-ring (bicyclic) bond motifs is 2. The third kappa shape index (κ3) is 4.28. The van der Waals surface area contributed by atoms with E-state index in [0.29, 0.717) is 11.1 Å². The van der Waals surface area contributed by atoms with Crippen LogP contribution < -0.4 is 0 Å². The van der Waals surface area contributed by atoms with Gasteiger partial charge >= 0.3 is 12.4 Å². The molecule has 0 heterocycles. The van der Waals surface area contributed by atoms with Crippen LogP contribution in [0.2, 0.25) is 0 Å². The van der Waals surface area contributed by atoms with Crippen LogP contribution in [-0.4, -0.2) is 0 Å². The molecule has 0 amide bonds. The fraction of sp³-hybridized carbons (Fsp3) is 0.121. The van der Waals surface area contributed by atoms with E-state index in [0.717, 1.165) is 51.1 Å². The lowest BCUT2D eigenvalue weighted by Crippen LogP contribution is -2.11. The smallest absolute Gasteiger partial charge is 0.166 e. The van der Waals surface area contributed by atoms with Crippen LogP contribution in [0.4, 0.5) is 26.3 Å². The summed E-state index contributed by atoms with van der Waals surface area (Å²) < 4.78 is 82.9. The van der Waals surface area contributed by atoms with Crippen LogP contribution in [0.5, 0.6) is 0 Å². The summed E-state index contributed by atoms with van der Waals surface area (Å²) in [5.41, 5.74) is 4.43. The molecule has 39 heavy (non-hydrogen) atoms. The monoisotopic (exact) mass is 531 g/mol. The maximum atomic E-state index is 13.8. The minimum absolute atomic E-state index is 0.0349. The largest absolute Gasteiger partial charge is 0.416 e. The Morgan fingerprint density at radius 1 is 0.564 bits per heavy atom. The molecule has 2 aliphatic carbocycles. The maximum Gasteiger partial charge on any atom is 0.416 e. The Bertz CT molecular complexity index is 1620. The van der Waals surface area contributed by atoms with E-state index in [9.17, 15) is 26.3 Å². The van der Waals surface area contributed by atoms with Gasteiger partial charge < -0.3 is 0 Å². The number of rotatable bonds is 3. The van der Waals surface area contributed by atoms with E-state index in [2.05, 4.69) is 6.92 Å². The van der Waals surface area contributed by atoms with Gasteiger partial charge in [-0.2, -0.15) is 26.3 Å². The lowest BCUT2D eigenvalue weighted by molar-refractivity contribution is -0.143. The van der Waals surface area contributed by atoms with Crippen molar-refractivity contribution >= 4 is 22.3 Å². The van der Waals surface area contributed by atoms with Crippen molar-refractivity contribution in [1.82, 2.24) is 0 Å². The summed E-state index contributed by atoms with van der Waals surface area (Å²) in [6, 6.07) is 26.7. The minimum atomic E-state index is -4.94. The molecular weight excluding hydrogens is 510 g/mol. The average Bonchev–Trinajstić information content (AvgIpc) is 3.43. The first-order valence-corrected chi connectivity index (χ1v) is 12.4. The second-order valence-corrected chi connectivity index (χ2v) is 9.78. The van der Waals surface area contributed by atoms with Gasteiger partial charge in [0.25, 0.3) is 0 Å². The maximum absolute atomic E-state index is 13.8. The molecule has 0 nitrogen and oxygen atoms in total. The third-order valence-electron chi connectivity index (χ3n) is 7.43. The van der Waals surface area contributed by atoms with Crippen molar-refractivity contribution in [2.45, 2.75) is 25.2 Å². The molecule has 0 saturated heterocycles. The molecule has 1 unspecified atom stereocenters. The third-order valence-corrected chi connectivity index (χ3v) is 7.43. The van der Waals surface area contributed by atoms with Gasteiger partial charge in [-0.15, -0.1) is 0 Å². The molecular formula is C33H21F6. The van der Waals surface area contributed by atoms with Crippen molar-refractivity contribution in [3.05, 3.63) is 148 Å². The summed E-state index contributed by atoms with van der Waals surface area (Å²) in [6.45, 7) is 2.07. The summed E-state index contributed by atoms with van der Waals surface area (Å²) in [5, 5.41) is 0. The fourth-order valence-corrected chi connectivity index (χ4v) is 5.73. The molecule has 6 heteroatoms. The Labute approximate surface area is 221 Å². The van der Waals surface area contributed by atoms with Crippen molar-refractivity contribution < 1.29 is 26.3 Å². The predicted molar refractivity (Wildman–Crippen MR) is 141 cm³/mol. The quantitative estimate of drug-likeness (QED) is 0.231. The minimum Gasteiger partial charge on any atom is -0.166 e. The molecule has 0 bridgehead atoms. The molecule has 4 aromatic rings. The zero-order valence-corrected chi connectivity index (χ0v) is 20.7. The normalized spacial score (nSPS) is 17.1. The zero-order valence-electron chi connectivity index (χ0n) is 20.7. The second kappa shape index (κ2) is 9.01. The lowest BCUT2D eigenvalue weighted by Gasteiger charge is -2.18. The first kappa shape index (κ1) is 25.2. The molecule has 1 atom stereocenters. The number of allylic oxidation sites excluding steroid dienone is 4. The van der Waals surface area contributed by atoms with Gasteiger partial charge in [-0.05, 0) is 73.9 Å². The van der Waals surface area contributed by atoms with Crippen LogP contribution >= 0.6 is 0 Å². The Balaban J connectivity index is 1.72. The van der Waals surface area contributed by atoms with Crippen molar-refractivity contribution in [3.8, 4) is 0 Å². The van der Waals surface area contributed by atoms with E-state index in [4.69, 9.17) is 0 Å². The molecule has 6 rings (SSSR count). The lowest BCUT2D eigenvalue weighted by atomic mass is 9.86. The average molecular weight is 532 g/mol. The van der Waals surface area contributed by atoms with Crippen molar-refractivity contribution in [2.75, 3.05) is 0 Å². The topological polar surface area (TPSA) is 0 Å². The second-order valence-electron chi connectivity index (χ2n) is 9.78. The first-order chi connectivity index (χ1) is 18.5. The van der Waals surface area contributed by atoms with Crippen molar-refractivity contribution in [3.63, 3.8) is 0 Å². The molecule has 195 valence electrons. The standard InChI is InChI=1S/C33H21F6/c1-19-25-12-7-8-14-27(25)31(29(19)20-9-3-2-4-10-20)30-26-13-6-5-11-21(26)17-28(30)22-15-23(32(34,35)36)18-24(16-22)33(37,38)39/h2-19H,1H3. The Morgan fingerprint density at radius 2 is 1.13 bits per heavy atom. The van der Waals surface area contributed by atoms with Crippen LogP contribution in [-0.2, 0) is 12.4 Å². The molecule has 1 radical (unpaired) electrons. The zero-order chi connectivity index (χ0) is 27.5. The molecule has 0 spiro atoms. The van der Waals surface area contributed by atoms with Gasteiger partial charge in [0.1, 0.15) is 0 Å². The van der Waals surface area contributed by atoms with E-state index >= 15 is 0 Å². The highest BCUT2D eigenvalue weighted by Crippen LogP contribution is 2.56. The van der Waals surface area contributed by atoms with E-state index in [1.807, 2.05) is 72.8 Å². The van der Waals surface area contributed by atoms with Crippen molar-refractivity contribution in [2.24, 2.45) is 0 Å². The van der Waals surface area contributed by atoms with Gasteiger partial charge in [0.15, 0.2) is 0 Å². The Hall–Kier alpha value is -4.06. The number of benzene rings is 4. The predicted octanol–water partition coefficient (Wildman–Crippen LogP) is 9.93. The summed E-state index contributed by atoms with van der Waals surface area (Å²) in [5.74, 6) is -0.0349. The van der Waals surface area contributed by atoms with Crippen LogP contribution in [0, 0.1) is 6.42 Å². The van der Waals surface area contributed by atoms with E-state index in [-0.39, 0.29) is 17.5 Å². The Kier molecular flexibility index (Phi) is 5.83. The number of hydrogen-bond acceptors (Lipinski definition) is 0. The van der Waals surface area contributed by atoms with Gasteiger partial charge in [-0.3, -0.25) is 0 Å². The summed E-state index contributed by atoms with van der Waals surface area (Å²) >= 11 is 0. The first-order valence-electron chi connectivity index (χ1n) is 12.4. The molecule has 0 fully saturated rings. The highest BCUT2D eigenvalue weighted by Gasteiger charge is 2.39. The summed E-state index contributed by atoms with van der Waals surface area (Å²) in [6.07, 6.45) is -8.18. The summed E-state index contributed by atoms with van der Waals surface area (Å²) in [7, 11) is 0. The van der Waals surface area contributed by atoms with Gasteiger partial charge in [-0.1, -0.05) is 85.8 Å². The van der Waals surface area contributed by atoms with Gasteiger partial charge in [0.2, 0.25) is 0 Å². The fourth-order valence-electron chi connectivity index (χ4n) is 5.73. The molecule has 0 aliphatic heterocycles.